The summed E-state index contributed by atoms with van der Waals surface area (Å²) in [5.74, 6) is 0. The Morgan fingerprint density at radius 3 is 1.88 bits per heavy atom. The molecule has 1 aliphatic heterocycles. The van der Waals surface area contributed by atoms with Crippen LogP contribution < -0.4 is 15.3 Å². The fraction of sp³-hybridized carbons (Fsp3) is 0.321. The van der Waals surface area contributed by atoms with Gasteiger partial charge in [-0.25, -0.2) is 4.79 Å². The highest BCUT2D eigenvalue weighted by molar-refractivity contribution is 6.99. The Hall–Kier alpha value is -2.89. The maximum atomic E-state index is 12.5. The molecule has 33 heavy (non-hydrogen) atoms. The lowest BCUT2D eigenvalue weighted by atomic mass is 10.2. The molecule has 2 amide bonds. The van der Waals surface area contributed by atoms with Crippen molar-refractivity contribution in [1.82, 2.24) is 4.90 Å². The highest BCUT2D eigenvalue weighted by Gasteiger charge is 2.50. The Morgan fingerprint density at radius 2 is 1.36 bits per heavy atom. The van der Waals surface area contributed by atoms with Gasteiger partial charge in [0.2, 0.25) is 0 Å². The fourth-order valence-electron chi connectivity index (χ4n) is 4.83. The van der Waals surface area contributed by atoms with Crippen LogP contribution in [0.2, 0.25) is 5.04 Å². The highest BCUT2D eigenvalue weighted by atomic mass is 28.4. The summed E-state index contributed by atoms with van der Waals surface area (Å²) in [7, 11) is -0.708. The molecule has 1 fully saturated rings. The number of amides is 2. The van der Waals surface area contributed by atoms with Gasteiger partial charge in [-0.05, 0) is 39.5 Å². The molecule has 3 aromatic rings. The van der Waals surface area contributed by atoms with Gasteiger partial charge in [-0.15, -0.1) is 0 Å². The second-order valence-corrected chi connectivity index (χ2v) is 14.1. The Labute approximate surface area is 198 Å². The van der Waals surface area contributed by atoms with E-state index >= 15 is 0 Å². The van der Waals surface area contributed by atoms with Gasteiger partial charge in [0.05, 0.1) is 6.61 Å². The largest absolute Gasteiger partial charge is 0.403 e. The van der Waals surface area contributed by atoms with E-state index in [0.717, 1.165) is 30.8 Å². The first-order valence-electron chi connectivity index (χ1n) is 11.7. The van der Waals surface area contributed by atoms with Gasteiger partial charge in [0.1, 0.15) is 0 Å². The van der Waals surface area contributed by atoms with Gasteiger partial charge >= 0.3 is 6.03 Å². The maximum absolute atomic E-state index is 12.5. The zero-order valence-corrected chi connectivity index (χ0v) is 21.1. The number of hydrogen-bond acceptors (Lipinski definition) is 2. The molecule has 0 aliphatic carbocycles. The highest BCUT2D eigenvalue weighted by Crippen LogP contribution is 2.37. The van der Waals surface area contributed by atoms with E-state index in [-0.39, 0.29) is 11.1 Å². The average molecular weight is 459 g/mol. The lowest BCUT2D eigenvalue weighted by molar-refractivity contribution is 0.207. The Morgan fingerprint density at radius 1 is 0.818 bits per heavy atom. The number of urea groups is 1. The molecule has 1 heterocycles. The van der Waals surface area contributed by atoms with E-state index in [1.54, 1.807) is 4.90 Å². The lowest BCUT2D eigenvalue weighted by Crippen LogP contribution is -2.66. The molecule has 0 saturated carbocycles. The third-order valence-electron chi connectivity index (χ3n) is 6.55. The molecular weight excluding hydrogens is 424 g/mol. The minimum Gasteiger partial charge on any atom is -0.403 e. The van der Waals surface area contributed by atoms with E-state index in [9.17, 15) is 4.79 Å². The van der Waals surface area contributed by atoms with Crippen LogP contribution in [0.15, 0.2) is 84.9 Å². The predicted octanol–water partition coefficient (Wildman–Crippen LogP) is 5.03. The predicted molar refractivity (Wildman–Crippen MR) is 139 cm³/mol. The molecule has 0 bridgehead atoms. The van der Waals surface area contributed by atoms with E-state index in [0.29, 0.717) is 6.61 Å². The average Bonchev–Trinajstić information content (AvgIpc) is 2.82. The second kappa shape index (κ2) is 9.54. The minimum absolute atomic E-state index is 0.0551. The van der Waals surface area contributed by atoms with Gasteiger partial charge in [-0.2, -0.15) is 0 Å². The molecule has 1 saturated heterocycles. The number of anilines is 1. The standard InChI is InChI=1S/C28H34N2O2Si/c1-28(2,3)33(25-12-7-5-8-13-25,26-14-9-6-10-15-26)32-22-23-16-18-24(19-17-23)30-21-11-20-29(4)27(30)31/h5-10,12-19H,11,20-22H2,1-4H3. The summed E-state index contributed by atoms with van der Waals surface area (Å²) in [4.78, 5) is 16.2. The van der Waals surface area contributed by atoms with E-state index in [4.69, 9.17) is 4.43 Å². The summed E-state index contributed by atoms with van der Waals surface area (Å²) in [6.45, 7) is 8.99. The molecule has 5 heteroatoms. The fourth-order valence-corrected chi connectivity index (χ4v) is 9.37. The van der Waals surface area contributed by atoms with Crippen LogP contribution in [0.1, 0.15) is 32.8 Å². The molecule has 4 rings (SSSR count). The van der Waals surface area contributed by atoms with Gasteiger partial charge in [-0.3, -0.25) is 4.90 Å². The van der Waals surface area contributed by atoms with Gasteiger partial charge in [0.15, 0.2) is 0 Å². The van der Waals surface area contributed by atoms with Crippen LogP contribution in [-0.4, -0.2) is 39.4 Å². The van der Waals surface area contributed by atoms with Crippen LogP contribution in [0.25, 0.3) is 0 Å². The van der Waals surface area contributed by atoms with Crippen molar-refractivity contribution in [3.63, 3.8) is 0 Å². The van der Waals surface area contributed by atoms with Crippen molar-refractivity contribution in [2.45, 2.75) is 38.8 Å². The molecule has 0 radical (unpaired) electrons. The Balaban J connectivity index is 1.63. The van der Waals surface area contributed by atoms with Gasteiger partial charge in [0, 0.05) is 25.8 Å². The third-order valence-corrected chi connectivity index (χ3v) is 11.5. The van der Waals surface area contributed by atoms with Crippen molar-refractivity contribution in [1.29, 1.82) is 0 Å². The third kappa shape index (κ3) is 4.61. The first kappa shape index (κ1) is 23.3. The minimum atomic E-state index is -2.57. The van der Waals surface area contributed by atoms with E-state index in [1.165, 1.54) is 10.4 Å². The second-order valence-electron chi connectivity index (χ2n) is 9.83. The first-order valence-corrected chi connectivity index (χ1v) is 13.6. The summed E-state index contributed by atoms with van der Waals surface area (Å²) < 4.78 is 7.03. The number of carbonyl (C=O) groups excluding carboxylic acids is 1. The maximum Gasteiger partial charge on any atom is 0.324 e. The monoisotopic (exact) mass is 458 g/mol. The molecule has 1 aliphatic rings. The van der Waals surface area contributed by atoms with E-state index in [2.05, 4.69) is 93.6 Å². The van der Waals surface area contributed by atoms with Gasteiger partial charge < -0.3 is 9.33 Å². The smallest absolute Gasteiger partial charge is 0.324 e. The Bertz CT molecular complexity index is 1020. The van der Waals surface area contributed by atoms with Crippen molar-refractivity contribution in [3.05, 3.63) is 90.5 Å². The summed E-state index contributed by atoms with van der Waals surface area (Å²) in [5.41, 5.74) is 2.06. The summed E-state index contributed by atoms with van der Waals surface area (Å²) in [6, 6.07) is 29.8. The molecule has 3 aromatic carbocycles. The zero-order chi connectivity index (χ0) is 23.5. The quantitative estimate of drug-likeness (QED) is 0.486. The zero-order valence-electron chi connectivity index (χ0n) is 20.1. The van der Waals surface area contributed by atoms with Crippen LogP contribution in [0.3, 0.4) is 0 Å². The van der Waals surface area contributed by atoms with Crippen LogP contribution in [0, 0.1) is 0 Å². The molecule has 0 atom stereocenters. The first-order chi connectivity index (χ1) is 15.8. The molecule has 4 nitrogen and oxygen atoms in total. The van der Waals surface area contributed by atoms with Crippen LogP contribution in [-0.2, 0) is 11.0 Å². The molecular formula is C28H34N2O2Si. The number of hydrogen-bond donors (Lipinski definition) is 0. The molecule has 172 valence electrons. The van der Waals surface area contributed by atoms with Crippen molar-refractivity contribution in [2.24, 2.45) is 0 Å². The van der Waals surface area contributed by atoms with Crippen LogP contribution in [0.4, 0.5) is 10.5 Å². The van der Waals surface area contributed by atoms with Crippen molar-refractivity contribution in [2.75, 3.05) is 25.0 Å². The topological polar surface area (TPSA) is 32.8 Å². The molecule has 0 unspecified atom stereocenters. The van der Waals surface area contributed by atoms with Crippen LogP contribution >= 0.6 is 0 Å². The SMILES string of the molecule is CN1CCCN(c2ccc(CO[Si](c3ccccc3)(c3ccccc3)C(C)(C)C)cc2)C1=O. The van der Waals surface area contributed by atoms with Crippen molar-refractivity contribution in [3.8, 4) is 0 Å². The number of nitrogens with zero attached hydrogens (tertiary/aromatic N) is 2. The van der Waals surface area contributed by atoms with Crippen LogP contribution in [0.5, 0.6) is 0 Å². The van der Waals surface area contributed by atoms with Gasteiger partial charge in [0.25, 0.3) is 8.32 Å². The van der Waals surface area contributed by atoms with Crippen molar-refractivity contribution < 1.29 is 9.22 Å². The summed E-state index contributed by atoms with van der Waals surface area (Å²) in [6.07, 6.45) is 0.987. The lowest BCUT2D eigenvalue weighted by Gasteiger charge is -2.43. The number of benzene rings is 3. The number of carbonyl (C=O) groups is 1. The summed E-state index contributed by atoms with van der Waals surface area (Å²) in [5, 5.41) is 2.50. The normalized spacial score (nSPS) is 15.1. The Kier molecular flexibility index (Phi) is 6.72. The van der Waals surface area contributed by atoms with Crippen molar-refractivity contribution >= 4 is 30.4 Å². The number of rotatable bonds is 6. The summed E-state index contributed by atoms with van der Waals surface area (Å²) >= 11 is 0. The van der Waals surface area contributed by atoms with Gasteiger partial charge in [-0.1, -0.05) is 93.6 Å². The molecule has 0 aromatic heterocycles. The van der Waals surface area contributed by atoms with E-state index in [1.807, 2.05) is 24.1 Å². The van der Waals surface area contributed by atoms with E-state index < -0.39 is 8.32 Å². The molecule has 0 spiro atoms. The molecule has 0 N–H and O–H groups in total.